The number of carbonyl (C=O) groups is 1. The van der Waals surface area contributed by atoms with Crippen LogP contribution in [0.1, 0.15) is 5.56 Å². The van der Waals surface area contributed by atoms with Crippen LogP contribution in [0.2, 0.25) is 0 Å². The highest BCUT2D eigenvalue weighted by molar-refractivity contribution is 6.02. The summed E-state index contributed by atoms with van der Waals surface area (Å²) < 4.78 is 54.4. The van der Waals surface area contributed by atoms with Crippen LogP contribution in [0.15, 0.2) is 48.8 Å². The summed E-state index contributed by atoms with van der Waals surface area (Å²) in [6.45, 7) is -1.59. The molecule has 0 fully saturated rings. The van der Waals surface area contributed by atoms with E-state index in [1.54, 1.807) is 24.5 Å². The summed E-state index contributed by atoms with van der Waals surface area (Å²) in [5.41, 5.74) is 0.651. The molecule has 8 heteroatoms. The molecular weight excluding hydrogens is 328 g/mol. The van der Waals surface area contributed by atoms with Crippen LogP contribution in [-0.2, 0) is 4.79 Å². The van der Waals surface area contributed by atoms with Crippen molar-refractivity contribution in [3.05, 3.63) is 60.2 Å². The second-order valence-electron chi connectivity index (χ2n) is 4.65. The largest absolute Gasteiger partial charge is 0.482 e. The predicted molar refractivity (Wildman–Crippen MR) is 79.9 cm³/mol. The Kier molecular flexibility index (Phi) is 5.51. The Bertz CT molecular complexity index is 731. The number of benzene rings is 1. The maximum absolute atomic E-state index is 13.2. The highest BCUT2D eigenvalue weighted by Gasteiger charge is 2.29. The Labute approximate surface area is 134 Å². The first-order chi connectivity index (χ1) is 11.3. The minimum Gasteiger partial charge on any atom is -0.482 e. The summed E-state index contributed by atoms with van der Waals surface area (Å²) in [6, 6.07) is 6.23. The SMILES string of the molecule is O=C(/C=C/c1ccncc1)Nc1ccc(F)cc1OCC(F)(F)F. The highest BCUT2D eigenvalue weighted by Crippen LogP contribution is 2.27. The lowest BCUT2D eigenvalue weighted by molar-refractivity contribution is -0.153. The minimum absolute atomic E-state index is 0.0648. The average molecular weight is 340 g/mol. The quantitative estimate of drug-likeness (QED) is 0.665. The van der Waals surface area contributed by atoms with Crippen molar-refractivity contribution in [1.82, 2.24) is 4.98 Å². The first kappa shape index (κ1) is 17.5. The smallest absolute Gasteiger partial charge is 0.422 e. The number of nitrogens with zero attached hydrogens (tertiary/aromatic N) is 1. The molecular formula is C16H12F4N2O2. The van der Waals surface area contributed by atoms with Gasteiger partial charge in [-0.05, 0) is 35.9 Å². The number of hydrogen-bond donors (Lipinski definition) is 1. The fourth-order valence-electron chi connectivity index (χ4n) is 1.70. The summed E-state index contributed by atoms with van der Waals surface area (Å²) in [4.78, 5) is 15.7. The van der Waals surface area contributed by atoms with Crippen molar-refractivity contribution >= 4 is 17.7 Å². The zero-order valence-electron chi connectivity index (χ0n) is 12.2. The Balaban J connectivity index is 2.08. The van der Waals surface area contributed by atoms with E-state index in [0.29, 0.717) is 5.56 Å². The van der Waals surface area contributed by atoms with E-state index < -0.39 is 30.3 Å². The van der Waals surface area contributed by atoms with Crippen molar-refractivity contribution in [2.24, 2.45) is 0 Å². The third-order valence-corrected chi connectivity index (χ3v) is 2.73. The van der Waals surface area contributed by atoms with Crippen LogP contribution in [-0.4, -0.2) is 23.7 Å². The van der Waals surface area contributed by atoms with Gasteiger partial charge in [0.05, 0.1) is 5.69 Å². The van der Waals surface area contributed by atoms with Crippen LogP contribution in [0, 0.1) is 5.82 Å². The van der Waals surface area contributed by atoms with Gasteiger partial charge < -0.3 is 10.1 Å². The molecule has 2 rings (SSSR count). The highest BCUT2D eigenvalue weighted by atomic mass is 19.4. The molecule has 0 aliphatic heterocycles. The molecule has 4 nitrogen and oxygen atoms in total. The number of ether oxygens (including phenoxy) is 1. The third-order valence-electron chi connectivity index (χ3n) is 2.73. The van der Waals surface area contributed by atoms with Crippen LogP contribution in [0.3, 0.4) is 0 Å². The molecule has 1 aromatic heterocycles. The van der Waals surface area contributed by atoms with Crippen molar-refractivity contribution in [2.75, 3.05) is 11.9 Å². The van der Waals surface area contributed by atoms with Gasteiger partial charge in [0.25, 0.3) is 0 Å². The molecule has 0 aliphatic rings. The van der Waals surface area contributed by atoms with Crippen molar-refractivity contribution in [2.45, 2.75) is 6.18 Å². The Morgan fingerprint density at radius 2 is 1.92 bits per heavy atom. The topological polar surface area (TPSA) is 51.2 Å². The molecule has 0 radical (unpaired) electrons. The molecule has 1 amide bonds. The van der Waals surface area contributed by atoms with Gasteiger partial charge in [0, 0.05) is 24.5 Å². The number of hydrogen-bond acceptors (Lipinski definition) is 3. The maximum atomic E-state index is 13.2. The monoisotopic (exact) mass is 340 g/mol. The lowest BCUT2D eigenvalue weighted by atomic mass is 10.2. The summed E-state index contributed by atoms with van der Waals surface area (Å²) in [5.74, 6) is -1.79. The van der Waals surface area contributed by atoms with Gasteiger partial charge in [-0.25, -0.2) is 4.39 Å². The van der Waals surface area contributed by atoms with Gasteiger partial charge in [0.1, 0.15) is 11.6 Å². The summed E-state index contributed by atoms with van der Waals surface area (Å²) >= 11 is 0. The van der Waals surface area contributed by atoms with E-state index in [2.05, 4.69) is 15.0 Å². The molecule has 1 aromatic carbocycles. The molecule has 0 bridgehead atoms. The van der Waals surface area contributed by atoms with Crippen molar-refractivity contribution in [1.29, 1.82) is 0 Å². The predicted octanol–water partition coefficient (Wildman–Crippen LogP) is 3.81. The molecule has 1 N–H and O–H groups in total. The summed E-state index contributed by atoms with van der Waals surface area (Å²) in [5, 5.41) is 2.34. The zero-order chi connectivity index (χ0) is 17.6. The number of nitrogens with one attached hydrogen (secondary N) is 1. The van der Waals surface area contributed by atoms with Crippen LogP contribution in [0.25, 0.3) is 6.08 Å². The summed E-state index contributed by atoms with van der Waals surface area (Å²) in [7, 11) is 0. The molecule has 2 aromatic rings. The number of amides is 1. The Morgan fingerprint density at radius 1 is 1.21 bits per heavy atom. The van der Waals surface area contributed by atoms with Crippen LogP contribution in [0.4, 0.5) is 23.2 Å². The van der Waals surface area contributed by atoms with E-state index in [9.17, 15) is 22.4 Å². The molecule has 0 atom stereocenters. The first-order valence-electron chi connectivity index (χ1n) is 6.72. The second kappa shape index (κ2) is 7.58. The van der Waals surface area contributed by atoms with Gasteiger partial charge in [-0.2, -0.15) is 13.2 Å². The third kappa shape index (κ3) is 5.71. The van der Waals surface area contributed by atoms with Gasteiger partial charge in [-0.1, -0.05) is 0 Å². The van der Waals surface area contributed by atoms with E-state index in [-0.39, 0.29) is 5.69 Å². The average Bonchev–Trinajstić information content (AvgIpc) is 2.53. The lowest BCUT2D eigenvalue weighted by Crippen LogP contribution is -2.20. The fraction of sp³-hybridized carbons (Fsp3) is 0.125. The van der Waals surface area contributed by atoms with E-state index in [0.717, 1.165) is 18.2 Å². The molecule has 0 unspecified atom stereocenters. The molecule has 0 saturated heterocycles. The van der Waals surface area contributed by atoms with E-state index in [1.807, 2.05) is 0 Å². The van der Waals surface area contributed by atoms with Crippen molar-refractivity contribution in [3.8, 4) is 5.75 Å². The number of aromatic nitrogens is 1. The lowest BCUT2D eigenvalue weighted by Gasteiger charge is -2.13. The Morgan fingerprint density at radius 3 is 2.58 bits per heavy atom. The number of halogens is 4. The van der Waals surface area contributed by atoms with Gasteiger partial charge >= 0.3 is 6.18 Å². The van der Waals surface area contributed by atoms with Crippen molar-refractivity contribution in [3.63, 3.8) is 0 Å². The maximum Gasteiger partial charge on any atom is 0.422 e. The van der Waals surface area contributed by atoms with Crippen molar-refractivity contribution < 1.29 is 27.1 Å². The van der Waals surface area contributed by atoms with Crippen LogP contribution < -0.4 is 10.1 Å². The van der Waals surface area contributed by atoms with Gasteiger partial charge in [0.2, 0.25) is 5.91 Å². The van der Waals surface area contributed by atoms with E-state index in [1.165, 1.54) is 12.2 Å². The number of pyridine rings is 1. The molecule has 0 saturated carbocycles. The zero-order valence-corrected chi connectivity index (χ0v) is 12.2. The summed E-state index contributed by atoms with van der Waals surface area (Å²) in [6.07, 6.45) is 1.19. The molecule has 24 heavy (non-hydrogen) atoms. The van der Waals surface area contributed by atoms with E-state index in [4.69, 9.17) is 0 Å². The number of carbonyl (C=O) groups excluding carboxylic acids is 1. The Hall–Kier alpha value is -2.90. The molecule has 1 heterocycles. The van der Waals surface area contributed by atoms with Gasteiger partial charge in [-0.3, -0.25) is 9.78 Å². The minimum atomic E-state index is -4.57. The van der Waals surface area contributed by atoms with E-state index >= 15 is 0 Å². The molecule has 126 valence electrons. The standard InChI is InChI=1S/C16H12F4N2O2/c17-12-2-3-13(14(9-12)24-10-16(18,19)20)22-15(23)4-1-11-5-7-21-8-6-11/h1-9H,10H2,(H,22,23)/b4-1+. The number of alkyl halides is 3. The number of rotatable bonds is 5. The molecule has 0 spiro atoms. The van der Waals surface area contributed by atoms with Gasteiger partial charge in [0.15, 0.2) is 6.61 Å². The number of anilines is 1. The van der Waals surface area contributed by atoms with Crippen LogP contribution in [0.5, 0.6) is 5.75 Å². The normalized spacial score (nSPS) is 11.5. The second-order valence-corrected chi connectivity index (χ2v) is 4.65. The first-order valence-corrected chi connectivity index (χ1v) is 6.72. The fourth-order valence-corrected chi connectivity index (χ4v) is 1.70. The van der Waals surface area contributed by atoms with Crippen LogP contribution >= 0.6 is 0 Å². The van der Waals surface area contributed by atoms with Gasteiger partial charge in [-0.15, -0.1) is 0 Å². The molecule has 0 aliphatic carbocycles.